The van der Waals surface area contributed by atoms with E-state index in [1.54, 1.807) is 0 Å². The van der Waals surface area contributed by atoms with Crippen molar-refractivity contribution in [2.24, 2.45) is 11.3 Å². The Morgan fingerprint density at radius 3 is 2.86 bits per heavy atom. The summed E-state index contributed by atoms with van der Waals surface area (Å²) in [6.45, 7) is 10.9. The molecule has 1 aliphatic rings. The predicted octanol–water partition coefficient (Wildman–Crippen LogP) is 2.44. The molecule has 2 nitrogen and oxygen atoms in total. The minimum absolute atomic E-state index is 0.414. The Morgan fingerprint density at radius 2 is 2.21 bits per heavy atom. The summed E-state index contributed by atoms with van der Waals surface area (Å²) in [6, 6.07) is 0. The summed E-state index contributed by atoms with van der Waals surface area (Å²) in [7, 11) is 0. The van der Waals surface area contributed by atoms with Gasteiger partial charge in [-0.1, -0.05) is 20.3 Å². The first-order valence-corrected chi connectivity index (χ1v) is 6.01. The first kappa shape index (κ1) is 12.0. The Kier molecular flexibility index (Phi) is 4.90. The molecule has 1 heterocycles. The van der Waals surface area contributed by atoms with Crippen LogP contribution in [0.3, 0.4) is 0 Å². The molecule has 0 aromatic heterocycles. The van der Waals surface area contributed by atoms with Crippen molar-refractivity contribution < 1.29 is 4.74 Å². The Bertz CT molecular complexity index is 158. The van der Waals surface area contributed by atoms with E-state index in [1.165, 1.54) is 25.8 Å². The summed E-state index contributed by atoms with van der Waals surface area (Å²) < 4.78 is 5.62. The first-order valence-electron chi connectivity index (χ1n) is 6.01. The van der Waals surface area contributed by atoms with Crippen LogP contribution in [0.15, 0.2) is 0 Å². The predicted molar refractivity (Wildman–Crippen MR) is 60.5 cm³/mol. The molecule has 14 heavy (non-hydrogen) atoms. The van der Waals surface area contributed by atoms with Gasteiger partial charge < -0.3 is 10.1 Å². The highest BCUT2D eigenvalue weighted by atomic mass is 16.5. The lowest BCUT2D eigenvalue weighted by atomic mass is 9.71. The van der Waals surface area contributed by atoms with Crippen LogP contribution in [-0.4, -0.2) is 26.3 Å². The molecule has 0 aliphatic carbocycles. The highest BCUT2D eigenvalue weighted by molar-refractivity contribution is 4.88. The summed E-state index contributed by atoms with van der Waals surface area (Å²) in [6.07, 6.45) is 3.88. The van der Waals surface area contributed by atoms with Gasteiger partial charge >= 0.3 is 0 Å². The van der Waals surface area contributed by atoms with Crippen molar-refractivity contribution in [3.63, 3.8) is 0 Å². The molecule has 0 amide bonds. The van der Waals surface area contributed by atoms with E-state index in [0.29, 0.717) is 5.41 Å². The van der Waals surface area contributed by atoms with E-state index in [2.05, 4.69) is 26.1 Å². The van der Waals surface area contributed by atoms with Crippen molar-refractivity contribution in [3.05, 3.63) is 0 Å². The largest absolute Gasteiger partial charge is 0.381 e. The van der Waals surface area contributed by atoms with Crippen molar-refractivity contribution in [1.82, 2.24) is 5.32 Å². The van der Waals surface area contributed by atoms with Crippen molar-refractivity contribution in [3.8, 4) is 0 Å². The van der Waals surface area contributed by atoms with Gasteiger partial charge in [-0.15, -0.1) is 0 Å². The number of piperidine rings is 1. The van der Waals surface area contributed by atoms with Crippen LogP contribution in [0.1, 0.15) is 40.0 Å². The molecular formula is C12H25NO. The third-order valence-corrected chi connectivity index (χ3v) is 3.52. The fourth-order valence-electron chi connectivity index (χ4n) is 2.42. The van der Waals surface area contributed by atoms with Gasteiger partial charge in [-0.05, 0) is 44.2 Å². The van der Waals surface area contributed by atoms with E-state index >= 15 is 0 Å². The van der Waals surface area contributed by atoms with Gasteiger partial charge in [0.2, 0.25) is 0 Å². The zero-order chi connectivity index (χ0) is 10.4. The quantitative estimate of drug-likeness (QED) is 0.734. The maximum absolute atomic E-state index is 5.62. The monoisotopic (exact) mass is 199 g/mol. The molecule has 1 N–H and O–H groups in total. The average molecular weight is 199 g/mol. The van der Waals surface area contributed by atoms with Gasteiger partial charge in [0.25, 0.3) is 0 Å². The number of hydrogen-bond acceptors (Lipinski definition) is 2. The van der Waals surface area contributed by atoms with Gasteiger partial charge in [-0.2, -0.15) is 0 Å². The normalized spacial score (nSPS) is 33.2. The molecule has 2 unspecified atom stereocenters. The lowest BCUT2D eigenvalue weighted by molar-refractivity contribution is 0.00132. The van der Waals surface area contributed by atoms with Gasteiger partial charge in [0.05, 0.1) is 6.61 Å². The molecule has 1 rings (SSSR count). The molecule has 1 saturated heterocycles. The Morgan fingerprint density at radius 1 is 1.43 bits per heavy atom. The summed E-state index contributed by atoms with van der Waals surface area (Å²) in [5, 5.41) is 3.50. The molecule has 0 spiro atoms. The second-order valence-corrected chi connectivity index (χ2v) is 4.73. The Hall–Kier alpha value is -0.0800. The molecule has 2 atom stereocenters. The number of rotatable bonds is 5. The fraction of sp³-hybridized carbons (Fsp3) is 1.00. The molecule has 0 radical (unpaired) electrons. The second-order valence-electron chi connectivity index (χ2n) is 4.73. The van der Waals surface area contributed by atoms with Crippen molar-refractivity contribution in [1.29, 1.82) is 0 Å². The molecule has 0 bridgehead atoms. The average Bonchev–Trinajstić information content (AvgIpc) is 2.19. The molecule has 2 heteroatoms. The van der Waals surface area contributed by atoms with Gasteiger partial charge in [-0.3, -0.25) is 0 Å². The number of nitrogens with one attached hydrogen (secondary N) is 1. The zero-order valence-corrected chi connectivity index (χ0v) is 9.94. The van der Waals surface area contributed by atoms with Crippen LogP contribution in [-0.2, 0) is 4.74 Å². The zero-order valence-electron chi connectivity index (χ0n) is 9.94. The van der Waals surface area contributed by atoms with Crippen LogP contribution in [0.25, 0.3) is 0 Å². The summed E-state index contributed by atoms with van der Waals surface area (Å²) in [5.41, 5.74) is 0.414. The molecule has 0 aromatic rings. The van der Waals surface area contributed by atoms with Gasteiger partial charge in [0, 0.05) is 6.61 Å². The van der Waals surface area contributed by atoms with E-state index < -0.39 is 0 Å². The smallest absolute Gasteiger partial charge is 0.0523 e. The van der Waals surface area contributed by atoms with Crippen molar-refractivity contribution in [2.75, 3.05) is 26.3 Å². The Labute approximate surface area is 88.4 Å². The third kappa shape index (κ3) is 2.96. The maximum atomic E-state index is 5.62. The van der Waals surface area contributed by atoms with E-state index in [1.807, 2.05) is 0 Å². The van der Waals surface area contributed by atoms with Crippen LogP contribution in [0.2, 0.25) is 0 Å². The minimum Gasteiger partial charge on any atom is -0.381 e. The molecule has 0 aromatic carbocycles. The van der Waals surface area contributed by atoms with Gasteiger partial charge in [0.1, 0.15) is 0 Å². The number of ether oxygens (including phenoxy) is 1. The molecule has 84 valence electrons. The SMILES string of the molecule is CCCC1CNCCC1(C)COCC. The van der Waals surface area contributed by atoms with Crippen LogP contribution in [0, 0.1) is 11.3 Å². The fourth-order valence-corrected chi connectivity index (χ4v) is 2.42. The third-order valence-electron chi connectivity index (χ3n) is 3.52. The molecule has 1 aliphatic heterocycles. The van der Waals surface area contributed by atoms with Crippen molar-refractivity contribution in [2.45, 2.75) is 40.0 Å². The molecule has 0 saturated carbocycles. The first-order chi connectivity index (χ1) is 6.73. The standard InChI is InChI=1S/C12H25NO/c1-4-6-11-9-13-8-7-12(11,3)10-14-5-2/h11,13H,4-10H2,1-3H3. The second kappa shape index (κ2) is 5.72. The molecular weight excluding hydrogens is 174 g/mol. The van der Waals surface area contributed by atoms with Gasteiger partial charge in [-0.25, -0.2) is 0 Å². The maximum Gasteiger partial charge on any atom is 0.0523 e. The van der Waals surface area contributed by atoms with Crippen LogP contribution in [0.4, 0.5) is 0 Å². The summed E-state index contributed by atoms with van der Waals surface area (Å²) in [4.78, 5) is 0. The topological polar surface area (TPSA) is 21.3 Å². The van der Waals surface area contributed by atoms with Crippen molar-refractivity contribution >= 4 is 0 Å². The van der Waals surface area contributed by atoms with Crippen LogP contribution in [0.5, 0.6) is 0 Å². The van der Waals surface area contributed by atoms with E-state index in [0.717, 1.165) is 25.7 Å². The van der Waals surface area contributed by atoms with Crippen LogP contribution >= 0.6 is 0 Å². The lowest BCUT2D eigenvalue weighted by Crippen LogP contribution is -2.46. The minimum atomic E-state index is 0.414. The van der Waals surface area contributed by atoms with Crippen LogP contribution < -0.4 is 5.32 Å². The van der Waals surface area contributed by atoms with E-state index in [9.17, 15) is 0 Å². The van der Waals surface area contributed by atoms with Gasteiger partial charge in [0.15, 0.2) is 0 Å². The van der Waals surface area contributed by atoms with E-state index in [-0.39, 0.29) is 0 Å². The highest BCUT2D eigenvalue weighted by Gasteiger charge is 2.35. The van der Waals surface area contributed by atoms with E-state index in [4.69, 9.17) is 4.74 Å². The Balaban J connectivity index is 2.49. The summed E-state index contributed by atoms with van der Waals surface area (Å²) >= 11 is 0. The highest BCUT2D eigenvalue weighted by Crippen LogP contribution is 2.36. The molecule has 1 fully saturated rings. The number of hydrogen-bond donors (Lipinski definition) is 1. The summed E-state index contributed by atoms with van der Waals surface area (Å²) in [5.74, 6) is 0.799. The lowest BCUT2D eigenvalue weighted by Gasteiger charge is -2.41.